The van der Waals surface area contributed by atoms with Crippen LogP contribution in [0.25, 0.3) is 11.1 Å². The molecule has 1 amide bonds. The van der Waals surface area contributed by atoms with Gasteiger partial charge in [-0.25, -0.2) is 0 Å². The smallest absolute Gasteiger partial charge is 0.406 e. The van der Waals surface area contributed by atoms with Crippen molar-refractivity contribution in [1.29, 1.82) is 0 Å². The maximum absolute atomic E-state index is 12.5. The third kappa shape index (κ3) is 7.23. The fourth-order valence-corrected chi connectivity index (χ4v) is 4.27. The second kappa shape index (κ2) is 11.3. The maximum atomic E-state index is 12.5. The number of nitrogens with one attached hydrogen (secondary N) is 1. The highest BCUT2D eigenvalue weighted by molar-refractivity contribution is 5.94. The molecule has 1 atom stereocenters. The number of ether oxygens (including phenoxy) is 1. The number of amides is 1. The first-order valence-electron chi connectivity index (χ1n) is 12.1. The van der Waals surface area contributed by atoms with E-state index in [0.29, 0.717) is 5.56 Å². The second-order valence-corrected chi connectivity index (χ2v) is 9.19. The van der Waals surface area contributed by atoms with Crippen molar-refractivity contribution in [1.82, 2.24) is 5.32 Å². The van der Waals surface area contributed by atoms with Gasteiger partial charge in [0.25, 0.3) is 5.91 Å². The van der Waals surface area contributed by atoms with E-state index in [-0.39, 0.29) is 23.6 Å². The van der Waals surface area contributed by atoms with Gasteiger partial charge in [-0.15, -0.1) is 13.2 Å². The molecule has 0 aromatic heterocycles. The fraction of sp³-hybridized carbons (Fsp3) is 0.194. The standard InChI is InChI=1S/C31H28F3NO2/c1-21(2)35-30(36)25-13-11-22(12-14-25)19-29(24-7-4-3-5-8-24)27-10-6-9-26(20-27)23-15-17-28(18-16-23)37-31(32,33)34/h3-18,20-21,29H,19H2,1-2H3,(H,35,36). The zero-order valence-electron chi connectivity index (χ0n) is 20.6. The molecule has 1 unspecified atom stereocenters. The van der Waals surface area contributed by atoms with Gasteiger partial charge in [-0.1, -0.05) is 78.9 Å². The number of hydrogen-bond acceptors (Lipinski definition) is 2. The molecule has 0 heterocycles. The van der Waals surface area contributed by atoms with E-state index < -0.39 is 6.36 Å². The molecule has 0 aliphatic rings. The molecule has 0 aliphatic heterocycles. The van der Waals surface area contributed by atoms with Gasteiger partial charge in [-0.3, -0.25) is 4.79 Å². The average Bonchev–Trinajstić information content (AvgIpc) is 2.87. The van der Waals surface area contributed by atoms with Crippen molar-refractivity contribution in [3.05, 3.63) is 125 Å². The molecule has 4 aromatic carbocycles. The lowest BCUT2D eigenvalue weighted by molar-refractivity contribution is -0.274. The molecule has 4 aromatic rings. The molecule has 190 valence electrons. The van der Waals surface area contributed by atoms with Gasteiger partial charge in [-0.05, 0) is 72.4 Å². The van der Waals surface area contributed by atoms with Crippen LogP contribution in [0.4, 0.5) is 13.2 Å². The van der Waals surface area contributed by atoms with Gasteiger partial charge >= 0.3 is 6.36 Å². The summed E-state index contributed by atoms with van der Waals surface area (Å²) in [5, 5.41) is 2.90. The molecule has 0 spiro atoms. The normalized spacial score (nSPS) is 12.3. The minimum Gasteiger partial charge on any atom is -0.406 e. The first kappa shape index (κ1) is 26.0. The highest BCUT2D eigenvalue weighted by Crippen LogP contribution is 2.32. The van der Waals surface area contributed by atoms with Crippen LogP contribution in [0.5, 0.6) is 5.75 Å². The van der Waals surface area contributed by atoms with E-state index in [2.05, 4.69) is 34.3 Å². The van der Waals surface area contributed by atoms with E-state index >= 15 is 0 Å². The van der Waals surface area contributed by atoms with Crippen LogP contribution >= 0.6 is 0 Å². The summed E-state index contributed by atoms with van der Waals surface area (Å²) in [7, 11) is 0. The molecule has 0 saturated carbocycles. The van der Waals surface area contributed by atoms with Crippen molar-refractivity contribution in [2.24, 2.45) is 0 Å². The van der Waals surface area contributed by atoms with Gasteiger partial charge in [0.05, 0.1) is 0 Å². The van der Waals surface area contributed by atoms with E-state index in [1.54, 1.807) is 12.1 Å². The first-order valence-corrected chi connectivity index (χ1v) is 12.1. The zero-order valence-corrected chi connectivity index (χ0v) is 20.6. The number of carbonyl (C=O) groups is 1. The average molecular weight is 504 g/mol. The predicted molar refractivity (Wildman–Crippen MR) is 140 cm³/mol. The Morgan fingerprint density at radius 2 is 1.43 bits per heavy atom. The van der Waals surface area contributed by atoms with Gasteiger partial charge < -0.3 is 10.1 Å². The van der Waals surface area contributed by atoms with Crippen LogP contribution in [-0.4, -0.2) is 18.3 Å². The molecule has 3 nitrogen and oxygen atoms in total. The van der Waals surface area contributed by atoms with Crippen LogP contribution in [0, 0.1) is 0 Å². The minimum absolute atomic E-state index is 0.0457. The molecular weight excluding hydrogens is 475 g/mol. The highest BCUT2D eigenvalue weighted by Gasteiger charge is 2.31. The van der Waals surface area contributed by atoms with E-state index in [0.717, 1.165) is 34.2 Å². The van der Waals surface area contributed by atoms with E-state index in [1.165, 1.54) is 12.1 Å². The first-order chi connectivity index (χ1) is 17.7. The van der Waals surface area contributed by atoms with Crippen LogP contribution in [0.15, 0.2) is 103 Å². The van der Waals surface area contributed by atoms with Crippen LogP contribution in [0.1, 0.15) is 46.8 Å². The summed E-state index contributed by atoms with van der Waals surface area (Å²) in [6, 6.07) is 31.8. The lowest BCUT2D eigenvalue weighted by atomic mass is 9.84. The molecule has 37 heavy (non-hydrogen) atoms. The Hall–Kier alpha value is -4.06. The predicted octanol–water partition coefficient (Wildman–Crippen LogP) is 7.77. The van der Waals surface area contributed by atoms with Crippen LogP contribution in [0.2, 0.25) is 0 Å². The van der Waals surface area contributed by atoms with Crippen molar-refractivity contribution in [2.45, 2.75) is 38.6 Å². The Morgan fingerprint density at radius 3 is 2.05 bits per heavy atom. The van der Waals surface area contributed by atoms with Crippen LogP contribution < -0.4 is 10.1 Å². The van der Waals surface area contributed by atoms with Crippen molar-refractivity contribution in [3.63, 3.8) is 0 Å². The maximum Gasteiger partial charge on any atom is 0.573 e. The molecular formula is C31H28F3NO2. The lowest BCUT2D eigenvalue weighted by Crippen LogP contribution is -2.29. The van der Waals surface area contributed by atoms with Gasteiger partial charge in [-0.2, -0.15) is 0 Å². The summed E-state index contributed by atoms with van der Waals surface area (Å²) >= 11 is 0. The van der Waals surface area contributed by atoms with E-state index in [4.69, 9.17) is 0 Å². The SMILES string of the molecule is CC(C)NC(=O)c1ccc(CC(c2ccccc2)c2cccc(-c3ccc(OC(F)(F)F)cc3)c2)cc1. The summed E-state index contributed by atoms with van der Waals surface area (Å²) in [5.41, 5.74) is 5.64. The second-order valence-electron chi connectivity index (χ2n) is 9.19. The molecule has 0 bridgehead atoms. The van der Waals surface area contributed by atoms with Crippen molar-refractivity contribution in [3.8, 4) is 16.9 Å². The Morgan fingerprint density at radius 1 is 0.784 bits per heavy atom. The quantitative estimate of drug-likeness (QED) is 0.267. The number of halogens is 3. The Bertz CT molecular complexity index is 1320. The highest BCUT2D eigenvalue weighted by atomic mass is 19.4. The summed E-state index contributed by atoms with van der Waals surface area (Å²) in [5.74, 6) is -0.301. The lowest BCUT2D eigenvalue weighted by Gasteiger charge is -2.20. The van der Waals surface area contributed by atoms with E-state index in [9.17, 15) is 18.0 Å². The molecule has 0 saturated heterocycles. The molecule has 1 N–H and O–H groups in total. The minimum atomic E-state index is -4.72. The summed E-state index contributed by atoms with van der Waals surface area (Å²) in [6.45, 7) is 3.85. The van der Waals surface area contributed by atoms with Gasteiger partial charge in [0.15, 0.2) is 0 Å². The molecule has 0 fully saturated rings. The number of alkyl halides is 3. The third-order valence-electron chi connectivity index (χ3n) is 5.99. The van der Waals surface area contributed by atoms with Crippen molar-refractivity contribution in [2.75, 3.05) is 0 Å². The summed E-state index contributed by atoms with van der Waals surface area (Å²) in [6.07, 6.45) is -4.00. The molecule has 0 aliphatic carbocycles. The van der Waals surface area contributed by atoms with E-state index in [1.807, 2.05) is 68.4 Å². The van der Waals surface area contributed by atoms with Crippen molar-refractivity contribution >= 4 is 5.91 Å². The molecule has 6 heteroatoms. The Labute approximate surface area is 214 Å². The third-order valence-corrected chi connectivity index (χ3v) is 5.99. The largest absolute Gasteiger partial charge is 0.573 e. The number of carbonyl (C=O) groups excluding carboxylic acids is 1. The summed E-state index contributed by atoms with van der Waals surface area (Å²) < 4.78 is 41.5. The number of rotatable bonds is 8. The molecule has 0 radical (unpaired) electrons. The number of hydrogen-bond donors (Lipinski definition) is 1. The van der Waals surface area contributed by atoms with Crippen LogP contribution in [0.3, 0.4) is 0 Å². The monoisotopic (exact) mass is 503 g/mol. The Balaban J connectivity index is 1.61. The number of benzene rings is 4. The van der Waals surface area contributed by atoms with Crippen LogP contribution in [-0.2, 0) is 6.42 Å². The molecule has 4 rings (SSSR count). The fourth-order valence-electron chi connectivity index (χ4n) is 4.27. The summed E-state index contributed by atoms with van der Waals surface area (Å²) in [4.78, 5) is 12.3. The topological polar surface area (TPSA) is 38.3 Å². The van der Waals surface area contributed by atoms with Gasteiger partial charge in [0.2, 0.25) is 0 Å². The Kier molecular flexibility index (Phi) is 7.97. The van der Waals surface area contributed by atoms with Gasteiger partial charge in [0, 0.05) is 17.5 Å². The van der Waals surface area contributed by atoms with Gasteiger partial charge in [0.1, 0.15) is 5.75 Å². The van der Waals surface area contributed by atoms with Crippen molar-refractivity contribution < 1.29 is 22.7 Å². The zero-order chi connectivity index (χ0) is 26.4.